The number of nitrogens with one attached hydrogen (secondary N) is 4. The lowest BCUT2D eigenvalue weighted by Crippen LogP contribution is -2.10. The van der Waals surface area contributed by atoms with Gasteiger partial charge in [-0.25, -0.2) is 0 Å². The fourth-order valence-electron chi connectivity index (χ4n) is 7.99. The maximum absolute atomic E-state index is 10.6. The standard InChI is InChI=1S/C44H36N4O4/c49-29-9-1-5-25(21-29)41-33-13-15-35(45-33)42(26-6-2-10-30(50)22-26)37-17-19-39(47-37)44(28-8-4-12-32(52)24-28)40-20-18-38(48-40)43(36-16-14-34(41)46-36)27-7-3-11-31(51)23-27/h1-24,41-52H. The quantitative estimate of drug-likeness (QED) is 0.0937. The van der Waals surface area contributed by atoms with Crippen molar-refractivity contribution >= 4 is 0 Å². The first-order valence-electron chi connectivity index (χ1n) is 17.3. The molecule has 8 bridgehead atoms. The Morgan fingerprint density at radius 2 is 0.462 bits per heavy atom. The second-order valence-electron chi connectivity index (χ2n) is 13.6. The molecule has 1 aliphatic heterocycles. The summed E-state index contributed by atoms with van der Waals surface area (Å²) in [6.07, 6.45) is 0. The molecule has 8 heteroatoms. The highest BCUT2D eigenvalue weighted by Gasteiger charge is 2.30. The molecule has 0 saturated heterocycles. The minimum atomic E-state index is -0.286. The third-order valence-electron chi connectivity index (χ3n) is 10.2. The lowest BCUT2D eigenvalue weighted by atomic mass is 9.92. The minimum Gasteiger partial charge on any atom is -0.508 e. The molecule has 4 aromatic heterocycles. The van der Waals surface area contributed by atoms with Gasteiger partial charge in [0.05, 0.1) is 23.7 Å². The molecule has 1 aliphatic rings. The Kier molecular flexibility index (Phi) is 7.51. The number of phenolic OH excluding ortho intramolecular Hbond substituents is 4. The molecule has 8 aromatic rings. The number of fused-ring (bicyclic) bond motifs is 8. The zero-order valence-electron chi connectivity index (χ0n) is 28.0. The van der Waals surface area contributed by atoms with Gasteiger partial charge in [-0.05, 0) is 119 Å². The molecule has 0 spiro atoms. The van der Waals surface area contributed by atoms with Crippen LogP contribution < -0.4 is 0 Å². The molecular weight excluding hydrogens is 649 g/mol. The van der Waals surface area contributed by atoms with Crippen LogP contribution in [0.15, 0.2) is 146 Å². The Morgan fingerprint density at radius 3 is 0.635 bits per heavy atom. The minimum absolute atomic E-state index is 0.178. The van der Waals surface area contributed by atoms with Gasteiger partial charge in [0.15, 0.2) is 0 Å². The zero-order chi connectivity index (χ0) is 35.3. The normalized spacial score (nSPS) is 18.3. The predicted octanol–water partition coefficient (Wildman–Crippen LogP) is 8.86. The van der Waals surface area contributed by atoms with Crippen molar-refractivity contribution in [2.75, 3.05) is 0 Å². The summed E-state index contributed by atoms with van der Waals surface area (Å²) in [5, 5.41) is 42.4. The Balaban J connectivity index is 1.31. The smallest absolute Gasteiger partial charge is 0.115 e. The van der Waals surface area contributed by atoms with Crippen molar-refractivity contribution < 1.29 is 20.4 Å². The van der Waals surface area contributed by atoms with E-state index in [4.69, 9.17) is 0 Å². The van der Waals surface area contributed by atoms with Gasteiger partial charge in [-0.1, -0.05) is 48.5 Å². The van der Waals surface area contributed by atoms with Crippen LogP contribution in [0.5, 0.6) is 23.0 Å². The van der Waals surface area contributed by atoms with Gasteiger partial charge in [0.1, 0.15) is 23.0 Å². The topological polar surface area (TPSA) is 144 Å². The molecule has 0 amide bonds. The van der Waals surface area contributed by atoms with Crippen molar-refractivity contribution in [3.63, 3.8) is 0 Å². The lowest BCUT2D eigenvalue weighted by molar-refractivity contribution is 0.474. The summed E-state index contributed by atoms with van der Waals surface area (Å²) in [5.74, 6) is -0.432. The summed E-state index contributed by atoms with van der Waals surface area (Å²) in [6, 6.07) is 46.0. The number of H-pyrrole nitrogens is 4. The average Bonchev–Trinajstić information content (AvgIpc) is 3.96. The van der Waals surface area contributed by atoms with Gasteiger partial charge < -0.3 is 40.4 Å². The monoisotopic (exact) mass is 684 g/mol. The summed E-state index contributed by atoms with van der Waals surface area (Å²) in [5.41, 5.74) is 11.0. The van der Waals surface area contributed by atoms with Crippen molar-refractivity contribution in [1.29, 1.82) is 0 Å². The molecule has 8 N–H and O–H groups in total. The summed E-state index contributed by atoms with van der Waals surface area (Å²) in [6.45, 7) is 0. The maximum atomic E-state index is 10.6. The lowest BCUT2D eigenvalue weighted by Gasteiger charge is -2.21. The van der Waals surface area contributed by atoms with E-state index in [-0.39, 0.29) is 46.7 Å². The molecule has 0 unspecified atom stereocenters. The van der Waals surface area contributed by atoms with Gasteiger partial charge in [0, 0.05) is 45.6 Å². The molecule has 9 rings (SSSR count). The van der Waals surface area contributed by atoms with Gasteiger partial charge in [-0.3, -0.25) is 0 Å². The number of benzene rings is 4. The van der Waals surface area contributed by atoms with Crippen LogP contribution in [-0.4, -0.2) is 40.4 Å². The molecule has 0 saturated carbocycles. The van der Waals surface area contributed by atoms with E-state index < -0.39 is 0 Å². The fourth-order valence-corrected chi connectivity index (χ4v) is 7.99. The van der Waals surface area contributed by atoms with Crippen LogP contribution in [-0.2, 0) is 0 Å². The van der Waals surface area contributed by atoms with E-state index in [2.05, 4.69) is 68.5 Å². The van der Waals surface area contributed by atoms with Gasteiger partial charge >= 0.3 is 0 Å². The van der Waals surface area contributed by atoms with Crippen molar-refractivity contribution in [2.45, 2.75) is 23.7 Å². The zero-order valence-corrected chi connectivity index (χ0v) is 28.0. The Labute approximate surface area is 299 Å². The van der Waals surface area contributed by atoms with E-state index in [0.717, 1.165) is 67.8 Å². The molecular formula is C44H36N4O4. The van der Waals surface area contributed by atoms with Gasteiger partial charge in [-0.2, -0.15) is 0 Å². The second-order valence-corrected chi connectivity index (χ2v) is 13.6. The molecule has 0 fully saturated rings. The highest BCUT2D eigenvalue weighted by molar-refractivity contribution is 5.51. The number of hydrogen-bond acceptors (Lipinski definition) is 4. The van der Waals surface area contributed by atoms with Crippen LogP contribution in [0, 0.1) is 0 Å². The van der Waals surface area contributed by atoms with Gasteiger partial charge in [0.2, 0.25) is 0 Å². The van der Waals surface area contributed by atoms with Gasteiger partial charge in [0.25, 0.3) is 0 Å². The van der Waals surface area contributed by atoms with E-state index in [0.29, 0.717) is 0 Å². The molecule has 0 aliphatic carbocycles. The Morgan fingerprint density at radius 1 is 0.269 bits per heavy atom. The van der Waals surface area contributed by atoms with E-state index >= 15 is 0 Å². The van der Waals surface area contributed by atoms with Crippen LogP contribution >= 0.6 is 0 Å². The van der Waals surface area contributed by atoms with Crippen LogP contribution in [0.25, 0.3) is 0 Å². The number of hydrogen-bond donors (Lipinski definition) is 8. The molecule has 5 heterocycles. The van der Waals surface area contributed by atoms with Crippen LogP contribution in [0.4, 0.5) is 0 Å². The van der Waals surface area contributed by atoms with E-state index in [1.165, 1.54) is 0 Å². The first kappa shape index (κ1) is 31.2. The van der Waals surface area contributed by atoms with Crippen molar-refractivity contribution in [3.8, 4) is 23.0 Å². The first-order valence-corrected chi connectivity index (χ1v) is 17.3. The molecule has 0 radical (unpaired) electrons. The van der Waals surface area contributed by atoms with Crippen LogP contribution in [0.3, 0.4) is 0 Å². The van der Waals surface area contributed by atoms with Crippen molar-refractivity contribution in [2.24, 2.45) is 0 Å². The highest BCUT2D eigenvalue weighted by atomic mass is 16.3. The summed E-state index contributed by atoms with van der Waals surface area (Å²) >= 11 is 0. The molecule has 4 aromatic carbocycles. The van der Waals surface area contributed by atoms with E-state index in [1.54, 1.807) is 48.5 Å². The Hall–Kier alpha value is -6.80. The summed E-state index contributed by atoms with van der Waals surface area (Å²) < 4.78 is 0. The number of aromatic nitrogens is 4. The average molecular weight is 685 g/mol. The van der Waals surface area contributed by atoms with E-state index in [9.17, 15) is 20.4 Å². The number of phenols is 4. The van der Waals surface area contributed by atoms with Crippen molar-refractivity contribution in [1.82, 2.24) is 19.9 Å². The largest absolute Gasteiger partial charge is 0.508 e. The Bertz CT molecular complexity index is 2110. The molecule has 8 nitrogen and oxygen atoms in total. The van der Waals surface area contributed by atoms with Crippen molar-refractivity contribution in [3.05, 3.63) is 213 Å². The SMILES string of the molecule is Oc1cccc(C2c3ccc([nH]3)C(c3cccc(O)c3)c3ccc([nH]3)C(c3cccc(O)c3)c3ccc([nH]3)C(c3cccc(O)c3)c3ccc2[nH]3)c1. The maximum Gasteiger partial charge on any atom is 0.115 e. The number of aromatic amines is 4. The predicted molar refractivity (Wildman–Crippen MR) is 199 cm³/mol. The van der Waals surface area contributed by atoms with E-state index in [1.807, 2.05) is 48.5 Å². The summed E-state index contributed by atoms with van der Waals surface area (Å²) in [4.78, 5) is 15.0. The van der Waals surface area contributed by atoms with Gasteiger partial charge in [-0.15, -0.1) is 0 Å². The van der Waals surface area contributed by atoms with Crippen LogP contribution in [0.2, 0.25) is 0 Å². The summed E-state index contributed by atoms with van der Waals surface area (Å²) in [7, 11) is 0. The number of aromatic hydroxyl groups is 4. The number of rotatable bonds is 4. The second kappa shape index (κ2) is 12.5. The first-order chi connectivity index (χ1) is 25.4. The third kappa shape index (κ3) is 5.60. The highest BCUT2D eigenvalue weighted by Crippen LogP contribution is 2.42. The fraction of sp³-hybridized carbons (Fsp3) is 0.0909. The molecule has 0 atom stereocenters. The molecule has 256 valence electrons. The third-order valence-corrected chi connectivity index (χ3v) is 10.2. The van der Waals surface area contributed by atoms with Crippen LogP contribution in [0.1, 0.15) is 91.5 Å². The molecule has 52 heavy (non-hydrogen) atoms.